The first-order chi connectivity index (χ1) is 21.8. The molecule has 45 heavy (non-hydrogen) atoms. The van der Waals surface area contributed by atoms with Crippen LogP contribution >= 0.6 is 0 Å². The smallest absolute Gasteiger partial charge is 0.266 e. The van der Waals surface area contributed by atoms with Gasteiger partial charge < -0.3 is 15.5 Å². The van der Waals surface area contributed by atoms with Crippen molar-refractivity contribution < 1.29 is 9.59 Å². The molecule has 1 fully saturated rings. The van der Waals surface area contributed by atoms with Gasteiger partial charge in [0.05, 0.1) is 0 Å². The molecule has 2 heterocycles. The van der Waals surface area contributed by atoms with Gasteiger partial charge in [-0.3, -0.25) is 9.79 Å². The number of nitrogens with one attached hydrogen (secondary N) is 2. The third-order valence-corrected chi connectivity index (χ3v) is 9.13. The average Bonchev–Trinajstić information content (AvgIpc) is 3.19. The number of carbonyl (C=O) groups is 1. The highest BCUT2D eigenvalue weighted by atomic mass is 16.2. The number of fused-ring (bicyclic) bond motifs is 1. The van der Waals surface area contributed by atoms with Crippen LogP contribution in [-0.4, -0.2) is 73.3 Å². The number of hydrogen-bond acceptors (Lipinski definition) is 7. The van der Waals surface area contributed by atoms with Crippen molar-refractivity contribution in [1.82, 2.24) is 25.6 Å². The molecule has 1 amide bonds. The van der Waals surface area contributed by atoms with Gasteiger partial charge in [0.15, 0.2) is 5.94 Å². The van der Waals surface area contributed by atoms with E-state index in [0.717, 1.165) is 61.3 Å². The summed E-state index contributed by atoms with van der Waals surface area (Å²) in [5.74, 6) is 3.59. The topological polar surface area (TPSA) is 80.3 Å². The van der Waals surface area contributed by atoms with Crippen LogP contribution in [0.25, 0.3) is 0 Å². The molecule has 0 aromatic heterocycles. The molecule has 0 saturated heterocycles. The van der Waals surface area contributed by atoms with Crippen LogP contribution in [0, 0.1) is 5.92 Å². The number of rotatable bonds is 16. The molecule has 0 spiro atoms. The Hall–Kier alpha value is -3.35. The zero-order chi connectivity index (χ0) is 32.6. The summed E-state index contributed by atoms with van der Waals surface area (Å²) in [4.78, 5) is 32.5. The Labute approximate surface area is 272 Å². The fourth-order valence-electron chi connectivity index (χ4n) is 6.76. The van der Waals surface area contributed by atoms with Crippen molar-refractivity contribution in [1.29, 1.82) is 0 Å². The SMILES string of the molecule is CC/C=C(\C/C=C\CC1=CC(=O)N2C(=C(C(=C=O)N(C)C)CC(CCC(CCC)=N/C=C\NC)N2C)NC1)CC1CCCCC1. The van der Waals surface area contributed by atoms with Crippen molar-refractivity contribution in [2.45, 2.75) is 110 Å². The van der Waals surface area contributed by atoms with Gasteiger partial charge in [0.1, 0.15) is 11.5 Å². The van der Waals surface area contributed by atoms with Gasteiger partial charge in [-0.25, -0.2) is 14.8 Å². The minimum atomic E-state index is -0.0876. The van der Waals surface area contributed by atoms with E-state index in [9.17, 15) is 9.59 Å². The van der Waals surface area contributed by atoms with Crippen LogP contribution in [0.3, 0.4) is 0 Å². The lowest BCUT2D eigenvalue weighted by Gasteiger charge is -2.44. The molecule has 248 valence electrons. The average molecular weight is 619 g/mol. The van der Waals surface area contributed by atoms with Gasteiger partial charge in [0, 0.05) is 70.5 Å². The summed E-state index contributed by atoms with van der Waals surface area (Å²) in [7, 11) is 7.55. The Balaban J connectivity index is 1.77. The van der Waals surface area contributed by atoms with Crippen LogP contribution in [0.15, 0.2) is 69.9 Å². The predicted molar refractivity (Wildman–Crippen MR) is 187 cm³/mol. The maximum atomic E-state index is 13.8. The summed E-state index contributed by atoms with van der Waals surface area (Å²) in [5, 5.41) is 10.3. The Morgan fingerprint density at radius 2 is 1.96 bits per heavy atom. The number of amides is 1. The summed E-state index contributed by atoms with van der Waals surface area (Å²) < 4.78 is 0. The van der Waals surface area contributed by atoms with E-state index in [1.807, 2.05) is 39.4 Å². The van der Waals surface area contributed by atoms with E-state index in [4.69, 9.17) is 0 Å². The minimum Gasteiger partial charge on any atom is -0.393 e. The third kappa shape index (κ3) is 10.9. The molecule has 2 aliphatic heterocycles. The van der Waals surface area contributed by atoms with Crippen LogP contribution < -0.4 is 10.6 Å². The van der Waals surface area contributed by atoms with E-state index in [-0.39, 0.29) is 11.9 Å². The number of carbonyl (C=O) groups excluding carboxylic acids is 2. The Morgan fingerprint density at radius 3 is 2.62 bits per heavy atom. The predicted octanol–water partition coefficient (Wildman–Crippen LogP) is 6.81. The van der Waals surface area contributed by atoms with Crippen LogP contribution in [0.5, 0.6) is 0 Å². The maximum absolute atomic E-state index is 13.8. The van der Waals surface area contributed by atoms with E-state index in [0.29, 0.717) is 30.9 Å². The molecule has 0 bridgehead atoms. The number of nitrogens with zero attached hydrogens (tertiary/aromatic N) is 4. The highest BCUT2D eigenvalue weighted by Gasteiger charge is 2.38. The second kappa shape index (κ2) is 19.2. The van der Waals surface area contributed by atoms with Crippen molar-refractivity contribution in [2.75, 3.05) is 34.7 Å². The van der Waals surface area contributed by atoms with Crippen molar-refractivity contribution >= 4 is 17.6 Å². The molecule has 1 unspecified atom stereocenters. The van der Waals surface area contributed by atoms with Crippen molar-refractivity contribution in [2.24, 2.45) is 10.9 Å². The van der Waals surface area contributed by atoms with Crippen molar-refractivity contribution in [3.63, 3.8) is 0 Å². The number of hydrogen-bond donors (Lipinski definition) is 2. The van der Waals surface area contributed by atoms with E-state index < -0.39 is 0 Å². The molecule has 3 aliphatic rings. The number of hydrazine groups is 1. The highest BCUT2D eigenvalue weighted by Crippen LogP contribution is 2.34. The summed E-state index contributed by atoms with van der Waals surface area (Å²) in [6.07, 6.45) is 27.4. The van der Waals surface area contributed by atoms with Crippen molar-refractivity contribution in [3.05, 3.63) is 64.9 Å². The number of likely N-dealkylation sites (N-methyl/N-ethyl adjacent to an activating group) is 1. The molecule has 2 N–H and O–H groups in total. The third-order valence-electron chi connectivity index (χ3n) is 9.13. The fraction of sp³-hybridized carbons (Fsp3) is 0.622. The molecule has 1 saturated carbocycles. The number of allylic oxidation sites excluding steroid dienone is 5. The zero-order valence-corrected chi connectivity index (χ0v) is 28.8. The van der Waals surface area contributed by atoms with Crippen LogP contribution in [0.4, 0.5) is 0 Å². The Kier molecular flexibility index (Phi) is 15.4. The van der Waals surface area contributed by atoms with Gasteiger partial charge in [-0.05, 0) is 62.9 Å². The molecule has 0 aromatic carbocycles. The van der Waals surface area contributed by atoms with Gasteiger partial charge in [0.2, 0.25) is 0 Å². The second-order valence-electron chi connectivity index (χ2n) is 12.9. The Bertz CT molecular complexity index is 1210. The van der Waals surface area contributed by atoms with Crippen LogP contribution in [-0.2, 0) is 9.59 Å². The van der Waals surface area contributed by atoms with Crippen LogP contribution in [0.2, 0.25) is 0 Å². The minimum absolute atomic E-state index is 0.0240. The van der Waals surface area contributed by atoms with Crippen molar-refractivity contribution in [3.8, 4) is 0 Å². The lowest BCUT2D eigenvalue weighted by atomic mass is 9.84. The van der Waals surface area contributed by atoms with Gasteiger partial charge in [-0.1, -0.05) is 76.2 Å². The normalized spacial score (nSPS) is 20.7. The fourth-order valence-corrected chi connectivity index (χ4v) is 6.76. The maximum Gasteiger partial charge on any atom is 0.266 e. The van der Waals surface area contributed by atoms with E-state index in [1.165, 1.54) is 38.5 Å². The largest absolute Gasteiger partial charge is 0.393 e. The molecular formula is C37H58N6O2. The summed E-state index contributed by atoms with van der Waals surface area (Å²) >= 11 is 0. The standard InChI is InChI=1S/C37H58N6O2/c1-7-14-29(24-30-16-10-9-11-17-30)18-12-13-19-31-25-36(45)43-37(40-27-31)34(35(28-44)41(4)5)26-33(42(43)6)21-20-32(15-8-2)39-23-22-38-3/h12-14,22-23,25,30,33,38,40H,7-11,15-21,24,26-27H2,1-6H3/b13-12-,23-22-,29-14+,39-32?. The van der Waals surface area contributed by atoms with Gasteiger partial charge >= 0.3 is 0 Å². The molecular weight excluding hydrogens is 560 g/mol. The lowest BCUT2D eigenvalue weighted by Crippen LogP contribution is -2.54. The quantitative estimate of drug-likeness (QED) is 0.112. The van der Waals surface area contributed by atoms with E-state index in [2.05, 4.69) is 53.6 Å². The molecule has 0 radical (unpaired) electrons. The first-order valence-corrected chi connectivity index (χ1v) is 17.2. The molecule has 1 aliphatic carbocycles. The number of aliphatic imine (C=N–C) groups is 1. The summed E-state index contributed by atoms with van der Waals surface area (Å²) in [5.41, 5.74) is 5.02. The first-order valence-electron chi connectivity index (χ1n) is 17.2. The second-order valence-corrected chi connectivity index (χ2v) is 12.9. The lowest BCUT2D eigenvalue weighted by molar-refractivity contribution is -0.142. The Morgan fingerprint density at radius 1 is 1.18 bits per heavy atom. The molecule has 3 rings (SSSR count). The summed E-state index contributed by atoms with van der Waals surface area (Å²) in [6.45, 7) is 4.93. The zero-order valence-electron chi connectivity index (χ0n) is 28.8. The molecule has 8 heteroatoms. The molecule has 8 nitrogen and oxygen atoms in total. The van der Waals surface area contributed by atoms with Gasteiger partial charge in [-0.15, -0.1) is 0 Å². The van der Waals surface area contributed by atoms with Gasteiger partial charge in [-0.2, -0.15) is 0 Å². The monoisotopic (exact) mass is 618 g/mol. The van der Waals surface area contributed by atoms with E-state index in [1.54, 1.807) is 27.8 Å². The van der Waals surface area contributed by atoms with E-state index >= 15 is 0 Å². The summed E-state index contributed by atoms with van der Waals surface area (Å²) in [6, 6.07) is 0.0240. The molecule has 1 atom stereocenters. The first kappa shape index (κ1) is 36.1. The van der Waals surface area contributed by atoms with Crippen LogP contribution in [0.1, 0.15) is 104 Å². The van der Waals surface area contributed by atoms with Gasteiger partial charge in [0.25, 0.3) is 5.91 Å². The highest BCUT2D eigenvalue weighted by molar-refractivity contribution is 5.90. The molecule has 0 aromatic rings.